The second-order valence-electron chi connectivity index (χ2n) is 10.5. The Morgan fingerprint density at radius 2 is 1.87 bits per heavy atom. The van der Waals surface area contributed by atoms with E-state index in [-0.39, 0.29) is 25.0 Å². The molecule has 3 amide bonds. The van der Waals surface area contributed by atoms with E-state index in [2.05, 4.69) is 10.6 Å². The van der Waals surface area contributed by atoms with Gasteiger partial charge in [0.15, 0.2) is 0 Å². The third-order valence-electron chi connectivity index (χ3n) is 8.46. The van der Waals surface area contributed by atoms with E-state index in [4.69, 9.17) is 21.1 Å². The molecule has 9 nitrogen and oxygen atoms in total. The summed E-state index contributed by atoms with van der Waals surface area (Å²) in [5, 5.41) is 16.1. The minimum atomic E-state index is -1.19. The predicted molar refractivity (Wildman–Crippen MR) is 147 cm³/mol. The van der Waals surface area contributed by atoms with Crippen molar-refractivity contribution >= 4 is 40.7 Å². The quantitative estimate of drug-likeness (QED) is 0.433. The molecule has 2 unspecified atom stereocenters. The number of nitrogens with zero attached hydrogens (tertiary/aromatic N) is 1. The number of aliphatic hydroxyl groups excluding tert-OH is 1. The summed E-state index contributed by atoms with van der Waals surface area (Å²) in [5.41, 5.74) is -0.254. The number of β-amino-alcohol motifs (C(OH)–C–C–N with tert-alkyl or cyclic N) is 1. The summed E-state index contributed by atoms with van der Waals surface area (Å²) < 4.78 is 12.2. The monoisotopic (exact) mass is 555 g/mol. The number of amides is 3. The van der Waals surface area contributed by atoms with Crippen molar-refractivity contribution in [2.75, 3.05) is 30.4 Å². The molecular formula is C29H34ClN3O6. The topological polar surface area (TPSA) is 117 Å². The molecule has 3 heterocycles. The van der Waals surface area contributed by atoms with Gasteiger partial charge >= 0.3 is 0 Å². The molecule has 1 spiro atoms. The van der Waals surface area contributed by atoms with Crippen LogP contribution in [0.25, 0.3) is 0 Å². The predicted octanol–water partition coefficient (Wildman–Crippen LogP) is 3.77. The number of nitrogens with one attached hydrogen (secondary N) is 2. The first-order valence-electron chi connectivity index (χ1n) is 13.4. The van der Waals surface area contributed by atoms with Crippen LogP contribution in [0.3, 0.4) is 0 Å². The van der Waals surface area contributed by atoms with Gasteiger partial charge < -0.3 is 30.1 Å². The summed E-state index contributed by atoms with van der Waals surface area (Å²) in [6, 6.07) is 11.3. The second-order valence-corrected chi connectivity index (χ2v) is 10.9. The van der Waals surface area contributed by atoms with E-state index in [1.807, 2.05) is 26.8 Å². The van der Waals surface area contributed by atoms with Gasteiger partial charge in [0.05, 0.1) is 41.4 Å². The number of benzene rings is 2. The van der Waals surface area contributed by atoms with Gasteiger partial charge in [-0.2, -0.15) is 0 Å². The Kier molecular flexibility index (Phi) is 7.35. The normalized spacial score (nSPS) is 28.9. The molecule has 3 saturated heterocycles. The molecule has 5 rings (SSSR count). The third-order valence-corrected chi connectivity index (χ3v) is 8.77. The van der Waals surface area contributed by atoms with Crippen LogP contribution in [0, 0.1) is 18.8 Å². The van der Waals surface area contributed by atoms with E-state index >= 15 is 0 Å². The highest BCUT2D eigenvalue weighted by molar-refractivity contribution is 6.34. The summed E-state index contributed by atoms with van der Waals surface area (Å²) in [6.45, 7) is 5.82. The van der Waals surface area contributed by atoms with E-state index in [1.165, 1.54) is 4.90 Å². The molecule has 0 saturated carbocycles. The van der Waals surface area contributed by atoms with Gasteiger partial charge in [-0.25, -0.2) is 0 Å². The number of aliphatic hydroxyl groups is 1. The van der Waals surface area contributed by atoms with Crippen LogP contribution in [0.4, 0.5) is 11.4 Å². The Bertz CT molecular complexity index is 1270. The van der Waals surface area contributed by atoms with Crippen molar-refractivity contribution in [3.05, 3.63) is 53.1 Å². The van der Waals surface area contributed by atoms with Gasteiger partial charge in [0.2, 0.25) is 17.7 Å². The number of hydrogen-bond acceptors (Lipinski definition) is 6. The molecule has 2 aromatic carbocycles. The van der Waals surface area contributed by atoms with Crippen molar-refractivity contribution < 1.29 is 29.0 Å². The summed E-state index contributed by atoms with van der Waals surface area (Å²) in [6.07, 6.45) is 1.50. The number of ether oxygens (including phenoxy) is 2. The fourth-order valence-corrected chi connectivity index (χ4v) is 7.04. The number of carbonyl (C=O) groups excluding carboxylic acids is 3. The lowest BCUT2D eigenvalue weighted by Crippen LogP contribution is -2.53. The lowest BCUT2D eigenvalue weighted by Gasteiger charge is -2.34. The van der Waals surface area contributed by atoms with E-state index in [0.717, 1.165) is 5.56 Å². The first kappa shape index (κ1) is 27.4. The average molecular weight is 556 g/mol. The number of carbonyl (C=O) groups is 3. The molecule has 208 valence electrons. The third kappa shape index (κ3) is 4.37. The Balaban J connectivity index is 1.48. The van der Waals surface area contributed by atoms with Crippen molar-refractivity contribution in [3.63, 3.8) is 0 Å². The minimum Gasteiger partial charge on any atom is -0.494 e. The SMILES string of the molecule is CCOc1ccc(NC(=O)[C@H]2[C@H]3C(=O)N(CCO)C(C(=O)Nc4c(C)cccc4Cl)C34CC[C@]2(CC)O4)cc1. The zero-order valence-corrected chi connectivity index (χ0v) is 23.1. The van der Waals surface area contributed by atoms with Gasteiger partial charge in [0, 0.05) is 12.2 Å². The zero-order chi connectivity index (χ0) is 27.9. The highest BCUT2D eigenvalue weighted by Gasteiger charge is 2.78. The molecule has 3 fully saturated rings. The molecule has 10 heteroatoms. The molecule has 3 N–H and O–H groups in total. The molecule has 5 atom stereocenters. The fraction of sp³-hybridized carbons (Fsp3) is 0.483. The van der Waals surface area contributed by atoms with E-state index < -0.39 is 35.0 Å². The number of halogens is 1. The number of fused-ring (bicyclic) bond motifs is 1. The highest BCUT2D eigenvalue weighted by atomic mass is 35.5. The van der Waals surface area contributed by atoms with Crippen molar-refractivity contribution in [2.24, 2.45) is 11.8 Å². The van der Waals surface area contributed by atoms with Gasteiger partial charge in [-0.15, -0.1) is 0 Å². The minimum absolute atomic E-state index is 0.0492. The van der Waals surface area contributed by atoms with Crippen LogP contribution >= 0.6 is 11.6 Å². The molecule has 0 radical (unpaired) electrons. The molecule has 0 aliphatic carbocycles. The summed E-state index contributed by atoms with van der Waals surface area (Å²) in [7, 11) is 0. The summed E-state index contributed by atoms with van der Waals surface area (Å²) >= 11 is 6.38. The molecule has 3 aliphatic rings. The number of aryl methyl sites for hydroxylation is 1. The summed E-state index contributed by atoms with van der Waals surface area (Å²) in [4.78, 5) is 43.0. The number of rotatable bonds is 9. The van der Waals surface area contributed by atoms with Gasteiger partial charge in [-0.3, -0.25) is 14.4 Å². The van der Waals surface area contributed by atoms with Gasteiger partial charge in [0.25, 0.3) is 0 Å². The van der Waals surface area contributed by atoms with Crippen LogP contribution in [0.2, 0.25) is 5.02 Å². The van der Waals surface area contributed by atoms with Crippen LogP contribution in [0.15, 0.2) is 42.5 Å². The van der Waals surface area contributed by atoms with Gasteiger partial charge in [-0.1, -0.05) is 30.7 Å². The maximum absolute atomic E-state index is 13.9. The smallest absolute Gasteiger partial charge is 0.250 e. The number of hydrogen-bond donors (Lipinski definition) is 3. The molecule has 2 aromatic rings. The standard InChI is InChI=1S/C29H34ClN3O6/c1-4-28-13-14-29(39-28)22(21(28)25(35)31-18-9-11-19(12-10-18)38-5-2)27(37)33(15-16-34)24(29)26(36)32-23-17(3)7-6-8-20(23)30/h6-12,21-22,24,34H,4-5,13-16H2,1-3H3,(H,31,35)(H,32,36)/t21-,22+,24?,28+,29?/m1/s1. The molecule has 39 heavy (non-hydrogen) atoms. The van der Waals surface area contributed by atoms with Crippen LogP contribution in [0.1, 0.15) is 38.7 Å². The Labute approximate surface area is 232 Å². The van der Waals surface area contributed by atoms with Crippen LogP contribution in [-0.2, 0) is 19.1 Å². The summed E-state index contributed by atoms with van der Waals surface area (Å²) in [5.74, 6) is -2.10. The molecule has 3 aliphatic heterocycles. The van der Waals surface area contributed by atoms with E-state index in [9.17, 15) is 19.5 Å². The van der Waals surface area contributed by atoms with Crippen molar-refractivity contribution in [1.29, 1.82) is 0 Å². The Morgan fingerprint density at radius 1 is 1.13 bits per heavy atom. The molecule has 2 bridgehead atoms. The van der Waals surface area contributed by atoms with Gasteiger partial charge in [-0.05, 0) is 69.0 Å². The number of para-hydroxylation sites is 1. The molecule has 0 aromatic heterocycles. The average Bonchev–Trinajstić information content (AvgIpc) is 3.51. The highest BCUT2D eigenvalue weighted by Crippen LogP contribution is 2.64. The van der Waals surface area contributed by atoms with Crippen LogP contribution in [0.5, 0.6) is 5.75 Å². The lowest BCUT2D eigenvalue weighted by atomic mass is 9.65. The maximum atomic E-state index is 13.9. The van der Waals surface area contributed by atoms with Crippen LogP contribution in [-0.4, -0.2) is 64.7 Å². The fourth-order valence-electron chi connectivity index (χ4n) is 6.77. The number of likely N-dealkylation sites (tertiary alicyclic amines) is 1. The van der Waals surface area contributed by atoms with E-state index in [1.54, 1.807) is 36.4 Å². The number of anilines is 2. The Morgan fingerprint density at radius 3 is 2.51 bits per heavy atom. The van der Waals surface area contributed by atoms with Crippen molar-refractivity contribution in [1.82, 2.24) is 4.90 Å². The van der Waals surface area contributed by atoms with Crippen molar-refractivity contribution in [3.8, 4) is 5.75 Å². The second kappa shape index (κ2) is 10.4. The largest absolute Gasteiger partial charge is 0.494 e. The molecular weight excluding hydrogens is 522 g/mol. The van der Waals surface area contributed by atoms with Gasteiger partial charge in [0.1, 0.15) is 17.4 Å². The first-order chi connectivity index (χ1) is 18.7. The van der Waals surface area contributed by atoms with Crippen LogP contribution < -0.4 is 15.4 Å². The van der Waals surface area contributed by atoms with E-state index in [0.29, 0.717) is 48.0 Å². The Hall–Kier alpha value is -3.14. The maximum Gasteiger partial charge on any atom is 0.250 e. The van der Waals surface area contributed by atoms with Crippen molar-refractivity contribution in [2.45, 2.75) is 57.3 Å². The zero-order valence-electron chi connectivity index (χ0n) is 22.3. The first-order valence-corrected chi connectivity index (χ1v) is 13.8. The lowest BCUT2D eigenvalue weighted by molar-refractivity contribution is -0.144.